The Labute approximate surface area is 181 Å². The number of hydrogen-bond donors (Lipinski definition) is 1. The maximum absolute atomic E-state index is 13.5. The van der Waals surface area contributed by atoms with E-state index in [1.165, 1.54) is 46.7 Å². The molecule has 2 aliphatic rings. The van der Waals surface area contributed by atoms with Gasteiger partial charge in [-0.05, 0) is 48.4 Å². The number of benzene rings is 2. The number of aromatic nitrogens is 1. The third-order valence-electron chi connectivity index (χ3n) is 5.42. The maximum atomic E-state index is 13.5. The van der Waals surface area contributed by atoms with Crippen LogP contribution in [-0.2, 0) is 16.0 Å². The summed E-state index contributed by atoms with van der Waals surface area (Å²) in [5.74, 6) is -1.59. The van der Waals surface area contributed by atoms with Gasteiger partial charge in [0, 0.05) is 23.6 Å². The smallest absolute Gasteiger partial charge is 0.301 e. The number of aliphatic hydroxyl groups excluding tert-OH is 1. The fourth-order valence-corrected chi connectivity index (χ4v) is 4.72. The average molecular weight is 436 g/mol. The molecule has 0 bridgehead atoms. The number of amides is 1. The highest BCUT2D eigenvalue weighted by atomic mass is 32.1. The Bertz CT molecular complexity index is 1220. The van der Waals surface area contributed by atoms with E-state index < -0.39 is 23.5 Å². The Morgan fingerprint density at radius 3 is 2.71 bits per heavy atom. The SMILES string of the molecule is CC1Cc2cc(/C(O)=C3\C(=O)C(=O)N(c4nccs4)C3c3ccc(F)cc3)ccc2O1. The first-order valence-corrected chi connectivity index (χ1v) is 10.6. The first kappa shape index (κ1) is 19.4. The van der Waals surface area contributed by atoms with Crippen LogP contribution in [0.1, 0.15) is 29.7 Å². The molecule has 156 valence electrons. The van der Waals surface area contributed by atoms with Crippen molar-refractivity contribution in [1.82, 2.24) is 4.98 Å². The molecule has 0 aliphatic carbocycles. The third kappa shape index (κ3) is 3.19. The summed E-state index contributed by atoms with van der Waals surface area (Å²) in [5.41, 5.74) is 1.78. The van der Waals surface area contributed by atoms with Crippen molar-refractivity contribution in [3.05, 3.63) is 82.1 Å². The summed E-state index contributed by atoms with van der Waals surface area (Å²) >= 11 is 1.20. The van der Waals surface area contributed by atoms with Gasteiger partial charge in [0.1, 0.15) is 23.4 Å². The van der Waals surface area contributed by atoms with Crippen molar-refractivity contribution in [2.75, 3.05) is 4.90 Å². The highest BCUT2D eigenvalue weighted by Gasteiger charge is 2.48. The van der Waals surface area contributed by atoms with Crippen molar-refractivity contribution in [2.45, 2.75) is 25.5 Å². The molecule has 2 unspecified atom stereocenters. The number of rotatable bonds is 3. The molecule has 1 amide bonds. The number of aliphatic hydroxyl groups is 1. The van der Waals surface area contributed by atoms with E-state index in [2.05, 4.69) is 4.98 Å². The summed E-state index contributed by atoms with van der Waals surface area (Å²) in [4.78, 5) is 31.4. The molecule has 5 rings (SSSR count). The molecule has 2 atom stereocenters. The Balaban J connectivity index is 1.68. The largest absolute Gasteiger partial charge is 0.507 e. The zero-order chi connectivity index (χ0) is 21.7. The molecule has 3 heterocycles. The zero-order valence-electron chi connectivity index (χ0n) is 16.4. The number of carbonyl (C=O) groups is 2. The molecular formula is C23H17FN2O4S. The highest BCUT2D eigenvalue weighted by Crippen LogP contribution is 2.43. The molecule has 1 N–H and O–H groups in total. The molecule has 2 aromatic carbocycles. The summed E-state index contributed by atoms with van der Waals surface area (Å²) in [5, 5.41) is 13.2. The van der Waals surface area contributed by atoms with Gasteiger partial charge in [-0.2, -0.15) is 0 Å². The van der Waals surface area contributed by atoms with E-state index in [1.54, 1.807) is 23.6 Å². The van der Waals surface area contributed by atoms with E-state index >= 15 is 0 Å². The molecule has 6 nitrogen and oxygen atoms in total. The molecule has 1 fully saturated rings. The van der Waals surface area contributed by atoms with Crippen LogP contribution in [0.4, 0.5) is 9.52 Å². The normalized spacial score (nSPS) is 21.9. The predicted molar refractivity (Wildman–Crippen MR) is 114 cm³/mol. The fraction of sp³-hybridized carbons (Fsp3) is 0.174. The number of ketones is 1. The Morgan fingerprint density at radius 1 is 1.23 bits per heavy atom. The Morgan fingerprint density at radius 2 is 2.00 bits per heavy atom. The number of carbonyl (C=O) groups excluding carboxylic acids is 2. The van der Waals surface area contributed by atoms with Crippen LogP contribution in [0.25, 0.3) is 5.76 Å². The number of fused-ring (bicyclic) bond motifs is 1. The van der Waals surface area contributed by atoms with Crippen LogP contribution in [0.3, 0.4) is 0 Å². The second kappa shape index (κ2) is 7.31. The lowest BCUT2D eigenvalue weighted by atomic mass is 9.94. The monoisotopic (exact) mass is 436 g/mol. The van der Waals surface area contributed by atoms with Crippen molar-refractivity contribution < 1.29 is 23.8 Å². The molecule has 0 saturated carbocycles. The minimum atomic E-state index is -0.921. The minimum Gasteiger partial charge on any atom is -0.507 e. The molecule has 1 aromatic heterocycles. The molecule has 31 heavy (non-hydrogen) atoms. The van der Waals surface area contributed by atoms with Crippen LogP contribution >= 0.6 is 11.3 Å². The molecule has 1 saturated heterocycles. The average Bonchev–Trinajstić information content (AvgIpc) is 3.46. The van der Waals surface area contributed by atoms with Gasteiger partial charge in [0.2, 0.25) is 0 Å². The van der Waals surface area contributed by atoms with Crippen LogP contribution in [0.15, 0.2) is 59.6 Å². The number of Topliss-reactive ketones (excluding diaryl/α,β-unsaturated/α-hetero) is 1. The van der Waals surface area contributed by atoms with E-state index in [-0.39, 0.29) is 17.4 Å². The second-order valence-corrected chi connectivity index (χ2v) is 8.36. The van der Waals surface area contributed by atoms with Crippen molar-refractivity contribution in [3.63, 3.8) is 0 Å². The topological polar surface area (TPSA) is 79.7 Å². The van der Waals surface area contributed by atoms with Gasteiger partial charge in [0.25, 0.3) is 5.78 Å². The van der Waals surface area contributed by atoms with E-state index in [0.717, 1.165) is 11.3 Å². The van der Waals surface area contributed by atoms with Crippen molar-refractivity contribution in [2.24, 2.45) is 0 Å². The van der Waals surface area contributed by atoms with Crippen molar-refractivity contribution in [3.8, 4) is 5.75 Å². The lowest BCUT2D eigenvalue weighted by molar-refractivity contribution is -0.132. The predicted octanol–water partition coefficient (Wildman–Crippen LogP) is 4.23. The van der Waals surface area contributed by atoms with Crippen molar-refractivity contribution in [1.29, 1.82) is 0 Å². The lowest BCUT2D eigenvalue weighted by Crippen LogP contribution is -2.29. The van der Waals surface area contributed by atoms with E-state index in [1.807, 2.05) is 6.92 Å². The molecule has 8 heteroatoms. The number of nitrogens with zero attached hydrogens (tertiary/aromatic N) is 2. The Kier molecular flexibility index (Phi) is 4.59. The molecule has 0 radical (unpaired) electrons. The summed E-state index contributed by atoms with van der Waals surface area (Å²) < 4.78 is 19.2. The van der Waals surface area contributed by atoms with Gasteiger partial charge in [-0.1, -0.05) is 12.1 Å². The highest BCUT2D eigenvalue weighted by molar-refractivity contribution is 7.14. The number of anilines is 1. The van der Waals surface area contributed by atoms with Gasteiger partial charge in [0.05, 0.1) is 11.6 Å². The minimum absolute atomic E-state index is 0.0297. The van der Waals surface area contributed by atoms with Crippen molar-refractivity contribution >= 4 is 33.9 Å². The number of ether oxygens (including phenoxy) is 1. The Hall–Kier alpha value is -3.52. The first-order chi connectivity index (χ1) is 14.9. The maximum Gasteiger partial charge on any atom is 0.301 e. The van der Waals surface area contributed by atoms with Crippen LogP contribution in [0, 0.1) is 5.82 Å². The standard InChI is InChI=1S/C23H17FN2O4S/c1-12-10-15-11-14(4-7-17(15)30-12)20(27)18-19(13-2-5-16(24)6-3-13)26(22(29)21(18)28)23-25-8-9-31-23/h2-9,11-12,19,27H,10H2,1H3/b20-18+. The van der Waals surface area contributed by atoms with Gasteiger partial charge in [-0.25, -0.2) is 9.37 Å². The van der Waals surface area contributed by atoms with Crippen LogP contribution in [0.2, 0.25) is 0 Å². The number of thiazole rings is 1. The van der Waals surface area contributed by atoms with Gasteiger partial charge in [0.15, 0.2) is 5.13 Å². The van der Waals surface area contributed by atoms with E-state index in [4.69, 9.17) is 4.74 Å². The first-order valence-electron chi connectivity index (χ1n) is 9.70. The quantitative estimate of drug-likeness (QED) is 0.378. The number of halogens is 1. The van der Waals surface area contributed by atoms with Gasteiger partial charge >= 0.3 is 5.91 Å². The number of hydrogen-bond acceptors (Lipinski definition) is 6. The van der Waals surface area contributed by atoms with E-state index in [0.29, 0.717) is 22.7 Å². The van der Waals surface area contributed by atoms with Crippen LogP contribution < -0.4 is 9.64 Å². The molecular weight excluding hydrogens is 419 g/mol. The van der Waals surface area contributed by atoms with Gasteiger partial charge in [-0.15, -0.1) is 11.3 Å². The molecule has 0 spiro atoms. The van der Waals surface area contributed by atoms with E-state index in [9.17, 15) is 19.1 Å². The summed E-state index contributed by atoms with van der Waals surface area (Å²) in [6.45, 7) is 1.95. The molecule has 3 aromatic rings. The lowest BCUT2D eigenvalue weighted by Gasteiger charge is -2.23. The fourth-order valence-electron chi connectivity index (χ4n) is 4.05. The van der Waals surface area contributed by atoms with Gasteiger partial charge < -0.3 is 9.84 Å². The van der Waals surface area contributed by atoms with Gasteiger partial charge in [-0.3, -0.25) is 14.5 Å². The third-order valence-corrected chi connectivity index (χ3v) is 6.20. The second-order valence-electron chi connectivity index (χ2n) is 7.49. The molecule has 2 aliphatic heterocycles. The van der Waals surface area contributed by atoms with Crippen LogP contribution in [-0.4, -0.2) is 27.9 Å². The zero-order valence-corrected chi connectivity index (χ0v) is 17.2. The van der Waals surface area contributed by atoms with Crippen LogP contribution in [0.5, 0.6) is 5.75 Å². The summed E-state index contributed by atoms with van der Waals surface area (Å²) in [6.07, 6.45) is 2.25. The summed E-state index contributed by atoms with van der Waals surface area (Å²) in [6, 6.07) is 9.76. The summed E-state index contributed by atoms with van der Waals surface area (Å²) in [7, 11) is 0.